The molecule has 0 aliphatic carbocycles. The zero-order valence-electron chi connectivity index (χ0n) is 90.6. The highest BCUT2D eigenvalue weighted by Gasteiger charge is 2.31. The third-order valence-electron chi connectivity index (χ3n) is 24.6. The van der Waals surface area contributed by atoms with Crippen molar-refractivity contribution in [1.29, 1.82) is 0 Å². The number of furan rings is 1. The van der Waals surface area contributed by atoms with E-state index < -0.39 is 144 Å². The topological polar surface area (TPSA) is 44.6 Å². The van der Waals surface area contributed by atoms with Gasteiger partial charge in [-0.05, 0) is 328 Å². The monoisotopic (exact) mass is 1660 g/mol. The maximum atomic E-state index is 8.97. The molecule has 0 amide bonds. The van der Waals surface area contributed by atoms with E-state index in [2.05, 4.69) is 239 Å². The number of anilines is 12. The molecule has 0 unspecified atom stereocenters. The molecule has 0 N–H and O–H groups in total. The fourth-order valence-corrected chi connectivity index (χ4v) is 19.2. The lowest BCUT2D eigenvalue weighted by atomic mass is 9.85. The zero-order valence-corrected chi connectivity index (χ0v) is 70.6. The van der Waals surface area contributed by atoms with Crippen LogP contribution in [0.15, 0.2) is 410 Å². The second kappa shape index (κ2) is 31.2. The number of benzene rings is 21. The smallest absolute Gasteiger partial charge is 0.159 e. The van der Waals surface area contributed by atoms with E-state index in [0.29, 0.717) is 16.9 Å². The normalized spacial score (nSPS) is 14.0. The first-order valence-corrected chi connectivity index (χ1v) is 42.4. The summed E-state index contributed by atoms with van der Waals surface area (Å²) >= 11 is 0. The van der Waals surface area contributed by atoms with Crippen LogP contribution in [0.25, 0.3) is 131 Å². The van der Waals surface area contributed by atoms with Gasteiger partial charge in [0, 0.05) is 102 Å². The Kier molecular flexibility index (Phi) is 14.2. The summed E-state index contributed by atoms with van der Waals surface area (Å²) in [6.07, 6.45) is 0. The molecular formula is C121H88N4O3. The Hall–Kier alpha value is -16.2. The first-order valence-electron chi connectivity index (χ1n) is 52.4. The Morgan fingerprint density at radius 1 is 0.219 bits per heavy atom. The number of ether oxygens (including phenoxy) is 2. The summed E-state index contributed by atoms with van der Waals surface area (Å²) in [6.45, 7) is 14.8. The molecule has 128 heavy (non-hydrogen) atoms. The average molecular weight is 1670 g/mol. The Morgan fingerprint density at radius 3 is 1.06 bits per heavy atom. The number of nitrogens with zero attached hydrogens (tertiary/aromatic N) is 4. The number of para-hydroxylation sites is 8. The molecule has 0 saturated heterocycles. The highest BCUT2D eigenvalue weighted by atomic mass is 16.5. The van der Waals surface area contributed by atoms with E-state index in [1.807, 2.05) is 62.4 Å². The Labute approximate surface area is 772 Å². The van der Waals surface area contributed by atoms with Crippen LogP contribution >= 0.6 is 0 Å². The molecule has 0 saturated carbocycles. The number of hydrogen-bond acceptors (Lipinski definition) is 7. The van der Waals surface area contributed by atoms with Gasteiger partial charge < -0.3 is 33.5 Å². The minimum atomic E-state index is -0.695. The van der Waals surface area contributed by atoms with Crippen LogP contribution in [-0.4, -0.2) is 0 Å². The molecule has 24 rings (SSSR count). The molecule has 21 aromatic carbocycles. The molecule has 2 aliphatic rings. The molecule has 0 atom stereocenters. The van der Waals surface area contributed by atoms with Gasteiger partial charge in [0.1, 0.15) is 28.6 Å². The van der Waals surface area contributed by atoms with Gasteiger partial charge in [-0.1, -0.05) is 241 Å². The number of fused-ring (bicyclic) bond motifs is 15. The van der Waals surface area contributed by atoms with Crippen LogP contribution < -0.4 is 29.1 Å². The number of hydrogen-bond donors (Lipinski definition) is 0. The quantitative estimate of drug-likeness (QED) is 0.101. The molecule has 3 heterocycles. The van der Waals surface area contributed by atoms with Crippen LogP contribution in [0, 0.1) is 48.5 Å². The summed E-state index contributed by atoms with van der Waals surface area (Å²) in [7, 11) is 0. The van der Waals surface area contributed by atoms with Gasteiger partial charge in [-0.25, -0.2) is 0 Å². The first kappa shape index (κ1) is 58.0. The van der Waals surface area contributed by atoms with Crippen LogP contribution in [0.1, 0.15) is 66.4 Å². The number of rotatable bonds is 14. The third-order valence-corrected chi connectivity index (χ3v) is 24.6. The third kappa shape index (κ3) is 13.3. The molecule has 610 valence electrons. The van der Waals surface area contributed by atoms with Crippen molar-refractivity contribution in [2.45, 2.75) is 48.5 Å². The first-order chi connectivity index (χ1) is 71.1. The van der Waals surface area contributed by atoms with Crippen molar-refractivity contribution >= 4 is 155 Å². The molecular weight excluding hydrogens is 1560 g/mol. The largest absolute Gasteiger partial charge is 0.456 e. The van der Waals surface area contributed by atoms with Gasteiger partial charge in [-0.2, -0.15) is 0 Å². The van der Waals surface area contributed by atoms with Crippen molar-refractivity contribution in [2.75, 3.05) is 19.6 Å². The summed E-state index contributed by atoms with van der Waals surface area (Å²) in [5.41, 5.74) is 22.0. The van der Waals surface area contributed by atoms with Gasteiger partial charge in [0.05, 0.1) is 38.8 Å². The van der Waals surface area contributed by atoms with Crippen LogP contribution in [-0.2, 0) is 0 Å². The van der Waals surface area contributed by atoms with E-state index in [4.69, 9.17) is 41.3 Å². The fourth-order valence-electron chi connectivity index (χ4n) is 19.2. The van der Waals surface area contributed by atoms with E-state index in [9.17, 15) is 0 Å². The molecule has 2 aliphatic heterocycles. The van der Waals surface area contributed by atoms with Gasteiger partial charge in [0.15, 0.2) is 5.58 Å². The van der Waals surface area contributed by atoms with Crippen LogP contribution in [0.5, 0.6) is 23.0 Å². The van der Waals surface area contributed by atoms with Crippen molar-refractivity contribution in [1.82, 2.24) is 0 Å². The van der Waals surface area contributed by atoms with Crippen LogP contribution in [0.3, 0.4) is 0 Å². The van der Waals surface area contributed by atoms with Crippen molar-refractivity contribution in [3.8, 4) is 67.5 Å². The van der Waals surface area contributed by atoms with E-state index in [1.54, 1.807) is 42.5 Å². The second-order valence-electron chi connectivity index (χ2n) is 32.9. The average Bonchev–Trinajstić information content (AvgIpc) is 0.863. The van der Waals surface area contributed by atoms with Crippen molar-refractivity contribution in [2.24, 2.45) is 0 Å². The predicted octanol–water partition coefficient (Wildman–Crippen LogP) is 35.1. The second-order valence-corrected chi connectivity index (χ2v) is 32.9. The van der Waals surface area contributed by atoms with Gasteiger partial charge in [-0.3, -0.25) is 0 Å². The molecule has 0 bridgehead atoms. The minimum absolute atomic E-state index is 0.0745. The summed E-state index contributed by atoms with van der Waals surface area (Å²) in [4.78, 5) is 6.87. The van der Waals surface area contributed by atoms with Crippen molar-refractivity contribution in [3.63, 3.8) is 0 Å². The fraction of sp³-hybridized carbons (Fsp3) is 0.0579. The standard InChI is InChI=1S/C65H48N2O2.C56H40N2O/c1-39-23-29-49-53(44-24-26-47(27-25-44)66(45-15-8-6-9-16-45)59-21-14-20-52-50-19-12-13-22-60(50)69-65(52)59)37-56-55(54(49)33-39)38-58-51-30-28-48(36-61(51)68-62-35-41(3)34-57(56)63(58)62)67(46-17-10-7-11-18-46)64-42(4)31-40(2)32-43(64)5;1-37-23-29-46-48(39-24-26-44(27-25-39)57(40-15-7-3-8-16-40)41-17-9-4-10-18-41)35-51-50(49(46)31-37)36-53-47-30-28-45(34-54(47)59-55-33-38(2)32-52(51)56(53)55)58(42-19-11-5-12-20-42)43-21-13-6-14-22-43/h6-38H,1-5H3;3-36H,1-2H3/i;3D,4D,5D,6D,7D,8D,9D,10D,11D,12D,13D,14D,15D,16D,17D,18D,19D,20D,21D,22D. The maximum Gasteiger partial charge on any atom is 0.159 e. The van der Waals surface area contributed by atoms with Crippen molar-refractivity contribution < 1.29 is 41.3 Å². The van der Waals surface area contributed by atoms with Gasteiger partial charge in [0.25, 0.3) is 0 Å². The lowest BCUT2D eigenvalue weighted by molar-refractivity contribution is 0.486. The maximum absolute atomic E-state index is 8.97. The van der Waals surface area contributed by atoms with Crippen LogP contribution in [0.4, 0.5) is 68.2 Å². The Morgan fingerprint density at radius 2 is 0.586 bits per heavy atom. The number of aryl methyl sites for hydroxylation is 7. The highest BCUT2D eigenvalue weighted by Crippen LogP contribution is 2.57. The van der Waals surface area contributed by atoms with Gasteiger partial charge in [0.2, 0.25) is 0 Å². The lowest BCUT2D eigenvalue weighted by Crippen LogP contribution is -2.13. The molecule has 0 radical (unpaired) electrons. The highest BCUT2D eigenvalue weighted by molar-refractivity contribution is 6.28. The summed E-state index contributed by atoms with van der Waals surface area (Å²) in [6, 6.07) is 84.6. The molecule has 22 aromatic rings. The SMILES string of the molecule is Cc1cc(C)c(N(c2ccccc2)c2ccc3c(c2)Oc2cc(C)cc4c2c-3cc2c3cc(C)ccc3c(-c3ccc(N(c5ccccc5)c5cccc6c5oc5ccccc56)cc3)cc42)c(C)c1.[2H]c1c([2H])c([2H])c(N(c2ccc(-c3cc4c5cc(C)cc6c5c(cc4c4cc(C)ccc34)-c3ccc(N(c4c([2H])c([2H])c([2H])c([2H])c4[2H])c4c([2H])c([2H])c([2H])c([2H])c4[2H])cc3O6)cc2)c2c([2H])c([2H])c([2H])c([2H])c2[2H])c([2H])c1[2H]. The van der Waals surface area contributed by atoms with E-state index in [0.717, 1.165) is 148 Å². The van der Waals surface area contributed by atoms with E-state index >= 15 is 0 Å². The molecule has 1 aromatic heterocycles. The lowest BCUT2D eigenvalue weighted by Gasteiger charge is -2.30. The predicted molar refractivity (Wildman–Crippen MR) is 539 cm³/mol. The Balaban J connectivity index is 0.000000164. The molecule has 0 fully saturated rings. The Bertz CT molecular complexity index is 9260. The summed E-state index contributed by atoms with van der Waals surface area (Å²) in [5, 5.41) is 14.4. The van der Waals surface area contributed by atoms with E-state index in [1.165, 1.54) is 66.0 Å². The molecule has 7 nitrogen and oxygen atoms in total. The van der Waals surface area contributed by atoms with Gasteiger partial charge >= 0.3 is 0 Å². The molecule has 7 heteroatoms. The summed E-state index contributed by atoms with van der Waals surface area (Å²) < 4.78 is 193. The van der Waals surface area contributed by atoms with E-state index in [-0.39, 0.29) is 17.1 Å². The van der Waals surface area contributed by atoms with Gasteiger partial charge in [-0.15, -0.1) is 0 Å². The van der Waals surface area contributed by atoms with Crippen LogP contribution in [0.2, 0.25) is 0 Å². The molecule has 0 spiro atoms. The zero-order chi connectivity index (χ0) is 103. The summed E-state index contributed by atoms with van der Waals surface area (Å²) in [5.74, 6) is 2.45. The van der Waals surface area contributed by atoms with Crippen molar-refractivity contribution in [3.05, 3.63) is 445 Å². The minimum Gasteiger partial charge on any atom is -0.456 e.